The van der Waals surface area contributed by atoms with Crippen LogP contribution >= 0.6 is 0 Å². The third kappa shape index (κ3) is 4.12. The van der Waals surface area contributed by atoms with Gasteiger partial charge in [-0.15, -0.1) is 6.58 Å². The molecule has 0 fully saturated rings. The summed E-state index contributed by atoms with van der Waals surface area (Å²) in [7, 11) is 2.18. The molecule has 0 bridgehead atoms. The predicted octanol–water partition coefficient (Wildman–Crippen LogP) is 7.68. The first-order chi connectivity index (χ1) is 15.7. The summed E-state index contributed by atoms with van der Waals surface area (Å²) in [5.41, 5.74) is 9.45. The molecule has 0 spiro atoms. The number of anilines is 1. The van der Waals surface area contributed by atoms with Gasteiger partial charge in [0.2, 0.25) is 5.69 Å². The molecule has 0 N–H and O–H groups in total. The van der Waals surface area contributed by atoms with Gasteiger partial charge in [-0.05, 0) is 51.3 Å². The summed E-state index contributed by atoms with van der Waals surface area (Å²) in [6.45, 7) is 16.6. The van der Waals surface area contributed by atoms with Crippen molar-refractivity contribution in [3.05, 3.63) is 95.7 Å². The summed E-state index contributed by atoms with van der Waals surface area (Å²) < 4.78 is 2.54. The van der Waals surface area contributed by atoms with Crippen LogP contribution in [0.2, 0.25) is 0 Å². The summed E-state index contributed by atoms with van der Waals surface area (Å²) >= 11 is 0. The van der Waals surface area contributed by atoms with E-state index >= 15 is 0 Å². The lowest BCUT2D eigenvalue weighted by Gasteiger charge is -2.23. The Labute approximate surface area is 200 Å². The molecular weight excluding hydrogens is 400 g/mol. The minimum absolute atomic E-state index is 0.00323. The number of hydrogen-bond acceptors (Lipinski definition) is 1. The van der Waals surface area contributed by atoms with Crippen LogP contribution in [0.1, 0.15) is 65.0 Å². The van der Waals surface area contributed by atoms with Crippen molar-refractivity contribution in [2.24, 2.45) is 0 Å². The number of hydrogen-bond donors (Lipinski definition) is 0. The zero-order valence-corrected chi connectivity index (χ0v) is 21.3. The minimum Gasteiger partial charge on any atom is -0.347 e. The van der Waals surface area contributed by atoms with Gasteiger partial charge in [-0.3, -0.25) is 0 Å². The number of likely N-dealkylation sites (N-methyl/N-ethyl adjacent to an activating group) is 1. The second kappa shape index (κ2) is 8.82. The molecule has 2 heteroatoms. The number of fused-ring (bicyclic) bond motifs is 2. The third-order valence-corrected chi connectivity index (χ3v) is 7.48. The van der Waals surface area contributed by atoms with E-state index < -0.39 is 0 Å². The number of rotatable bonds is 7. The van der Waals surface area contributed by atoms with Gasteiger partial charge in [0.15, 0.2) is 5.71 Å². The van der Waals surface area contributed by atoms with E-state index in [2.05, 4.69) is 124 Å². The Hall–Kier alpha value is -2.87. The monoisotopic (exact) mass is 439 g/mol. The molecule has 2 aromatic carbocycles. The highest BCUT2D eigenvalue weighted by Crippen LogP contribution is 2.46. The van der Waals surface area contributed by atoms with Gasteiger partial charge in [-0.2, -0.15) is 4.58 Å². The van der Waals surface area contributed by atoms with Gasteiger partial charge in [0.25, 0.3) is 0 Å². The highest BCUT2D eigenvalue weighted by molar-refractivity contribution is 6.03. The molecule has 0 radical (unpaired) electrons. The largest absolute Gasteiger partial charge is 0.347 e. The van der Waals surface area contributed by atoms with Crippen LogP contribution in [0.25, 0.3) is 0 Å². The van der Waals surface area contributed by atoms with Crippen molar-refractivity contribution in [2.75, 3.05) is 18.5 Å². The highest BCUT2D eigenvalue weighted by Gasteiger charge is 2.44. The van der Waals surface area contributed by atoms with Crippen molar-refractivity contribution in [3.8, 4) is 0 Å². The fourth-order valence-corrected chi connectivity index (χ4v) is 5.61. The molecule has 33 heavy (non-hydrogen) atoms. The van der Waals surface area contributed by atoms with Gasteiger partial charge < -0.3 is 4.90 Å². The van der Waals surface area contributed by atoms with Crippen LogP contribution in [0.15, 0.2) is 84.6 Å². The second-order valence-electron chi connectivity index (χ2n) is 10.7. The first-order valence-electron chi connectivity index (χ1n) is 12.3. The lowest BCUT2D eigenvalue weighted by molar-refractivity contribution is -0.438. The zero-order chi connectivity index (χ0) is 23.8. The van der Waals surface area contributed by atoms with E-state index in [-0.39, 0.29) is 10.8 Å². The number of unbranched alkanes of at least 4 members (excludes halogenated alkanes) is 1. The summed E-state index contributed by atoms with van der Waals surface area (Å²) in [6, 6.07) is 17.7. The van der Waals surface area contributed by atoms with Crippen LogP contribution in [0.5, 0.6) is 0 Å². The number of allylic oxidation sites excluding steroid dienone is 5. The quantitative estimate of drug-likeness (QED) is 0.244. The van der Waals surface area contributed by atoms with E-state index in [4.69, 9.17) is 0 Å². The van der Waals surface area contributed by atoms with Crippen LogP contribution < -0.4 is 4.90 Å². The number of benzene rings is 2. The molecule has 0 unspecified atom stereocenters. The van der Waals surface area contributed by atoms with E-state index in [1.54, 1.807) is 0 Å². The van der Waals surface area contributed by atoms with Gasteiger partial charge in [0.1, 0.15) is 6.54 Å². The van der Waals surface area contributed by atoms with Crippen molar-refractivity contribution < 1.29 is 4.58 Å². The molecular formula is C31H39N2+. The van der Waals surface area contributed by atoms with E-state index in [0.29, 0.717) is 0 Å². The van der Waals surface area contributed by atoms with Crippen LogP contribution in [-0.2, 0) is 10.8 Å². The van der Waals surface area contributed by atoms with E-state index in [9.17, 15) is 0 Å². The average Bonchev–Trinajstić information content (AvgIpc) is 3.11. The molecule has 2 nitrogen and oxygen atoms in total. The van der Waals surface area contributed by atoms with Crippen LogP contribution in [-0.4, -0.2) is 23.9 Å². The smallest absolute Gasteiger partial charge is 0.209 e. The average molecular weight is 440 g/mol. The topological polar surface area (TPSA) is 6.25 Å². The molecule has 2 aromatic rings. The molecule has 4 rings (SSSR count). The Morgan fingerprint density at radius 1 is 0.939 bits per heavy atom. The second-order valence-corrected chi connectivity index (χ2v) is 10.7. The molecule has 0 amide bonds. The zero-order valence-electron chi connectivity index (χ0n) is 21.3. The van der Waals surface area contributed by atoms with E-state index in [0.717, 1.165) is 13.0 Å². The molecule has 0 saturated heterocycles. The Kier molecular flexibility index (Phi) is 6.22. The number of nitrogens with zero attached hydrogens (tertiary/aromatic N) is 2. The minimum atomic E-state index is -0.0139. The Balaban J connectivity index is 1.67. The maximum atomic E-state index is 4.07. The van der Waals surface area contributed by atoms with Crippen molar-refractivity contribution in [2.45, 2.75) is 64.7 Å². The predicted molar refractivity (Wildman–Crippen MR) is 143 cm³/mol. The molecule has 0 aromatic heterocycles. The van der Waals surface area contributed by atoms with E-state index in [1.165, 1.54) is 52.3 Å². The van der Waals surface area contributed by atoms with Crippen molar-refractivity contribution >= 4 is 17.1 Å². The summed E-state index contributed by atoms with van der Waals surface area (Å²) in [5.74, 6) is 0. The van der Waals surface area contributed by atoms with Crippen molar-refractivity contribution in [3.63, 3.8) is 0 Å². The van der Waals surface area contributed by atoms with Gasteiger partial charge >= 0.3 is 0 Å². The fraction of sp³-hybridized carbons (Fsp3) is 0.387. The van der Waals surface area contributed by atoms with Crippen molar-refractivity contribution in [1.29, 1.82) is 0 Å². The van der Waals surface area contributed by atoms with Crippen molar-refractivity contribution in [1.82, 2.24) is 0 Å². The Morgan fingerprint density at radius 2 is 1.61 bits per heavy atom. The summed E-state index contributed by atoms with van der Waals surface area (Å²) in [5, 5.41) is 0. The highest BCUT2D eigenvalue weighted by atomic mass is 15.2. The Morgan fingerprint density at radius 3 is 2.30 bits per heavy atom. The van der Waals surface area contributed by atoms with Gasteiger partial charge in [0, 0.05) is 48.0 Å². The standard InChI is InChI=1S/C31H39N2/c1-23(2)15-12-13-22-33-27-19-11-9-17-25(27)31(5,6)29(33)21-14-20-28-30(3,4)24-16-8-10-18-26(24)32(28)7/h8-11,14,16-21H,1,12-13,15,22H2,2-7H3/q+1. The third-order valence-electron chi connectivity index (χ3n) is 7.48. The maximum absolute atomic E-state index is 4.07. The SMILES string of the molecule is C=C(C)CCCC[N+]1=C(/C=C/C=C2\N(C)c3ccccc3C2(C)C)C(C)(C)c2ccccc21. The van der Waals surface area contributed by atoms with Gasteiger partial charge in [-0.25, -0.2) is 0 Å². The van der Waals surface area contributed by atoms with Crippen LogP contribution in [0, 0.1) is 0 Å². The first-order valence-corrected chi connectivity index (χ1v) is 12.3. The van der Waals surface area contributed by atoms with E-state index in [1.807, 2.05) is 0 Å². The molecule has 2 aliphatic rings. The molecule has 2 heterocycles. The maximum Gasteiger partial charge on any atom is 0.209 e. The molecule has 0 atom stereocenters. The summed E-state index contributed by atoms with van der Waals surface area (Å²) in [4.78, 5) is 2.34. The first kappa shape index (κ1) is 23.3. The summed E-state index contributed by atoms with van der Waals surface area (Å²) in [6.07, 6.45) is 10.4. The molecule has 0 aliphatic carbocycles. The van der Waals surface area contributed by atoms with Gasteiger partial charge in [0.05, 0.1) is 5.41 Å². The number of para-hydroxylation sites is 2. The molecule has 172 valence electrons. The molecule has 0 saturated carbocycles. The Bertz CT molecular complexity index is 1160. The van der Waals surface area contributed by atoms with Crippen LogP contribution in [0.4, 0.5) is 11.4 Å². The lowest BCUT2D eigenvalue weighted by atomic mass is 9.81. The van der Waals surface area contributed by atoms with Crippen LogP contribution in [0.3, 0.4) is 0 Å². The molecule has 2 aliphatic heterocycles. The fourth-order valence-electron chi connectivity index (χ4n) is 5.61. The normalized spacial score (nSPS) is 19.5. The van der Waals surface area contributed by atoms with Gasteiger partial charge in [-0.1, -0.05) is 61.9 Å². The lowest BCUT2D eigenvalue weighted by Crippen LogP contribution is -2.28.